The predicted molar refractivity (Wildman–Crippen MR) is 166 cm³/mol. The van der Waals surface area contributed by atoms with Crippen LogP contribution < -0.4 is 15.5 Å². The van der Waals surface area contributed by atoms with Crippen LogP contribution in [0.1, 0.15) is 59.7 Å². The van der Waals surface area contributed by atoms with Crippen LogP contribution in [0.15, 0.2) is 60.8 Å². The van der Waals surface area contributed by atoms with E-state index in [0.717, 1.165) is 31.7 Å². The van der Waals surface area contributed by atoms with E-state index in [-0.39, 0.29) is 24.1 Å². The van der Waals surface area contributed by atoms with Crippen LogP contribution in [0.2, 0.25) is 0 Å². The number of carbonyl (C=O) groups excluding carboxylic acids is 2. The van der Waals surface area contributed by atoms with Crippen molar-refractivity contribution in [2.24, 2.45) is 11.8 Å². The fourth-order valence-electron chi connectivity index (χ4n) is 5.16. The lowest BCUT2D eigenvalue weighted by molar-refractivity contribution is 0.0900. The van der Waals surface area contributed by atoms with Crippen LogP contribution in [-0.4, -0.2) is 69.8 Å². The number of pyridine rings is 2. The lowest BCUT2D eigenvalue weighted by atomic mass is 9.96. The summed E-state index contributed by atoms with van der Waals surface area (Å²) >= 11 is 1.51. The molecular weight excluding hydrogens is 536 g/mol. The van der Waals surface area contributed by atoms with E-state index in [1.807, 2.05) is 49.9 Å². The molecule has 2 amide bonds. The summed E-state index contributed by atoms with van der Waals surface area (Å²) in [6.45, 7) is 10.4. The number of nitrogens with one attached hydrogen (secondary N) is 2. The van der Waals surface area contributed by atoms with E-state index in [1.165, 1.54) is 11.8 Å². The Labute approximate surface area is 246 Å². The molecule has 218 valence electrons. The Morgan fingerprint density at radius 2 is 1.98 bits per heavy atom. The number of nitrogens with zero attached hydrogens (tertiary/aromatic N) is 4. The summed E-state index contributed by atoms with van der Waals surface area (Å²) < 4.78 is 1.65. The number of fused-ring (bicyclic) bond motifs is 1. The number of carbonyl (C=O) groups is 2. The molecule has 41 heavy (non-hydrogen) atoms. The number of hydrogen-bond donors (Lipinski definition) is 3. The van der Waals surface area contributed by atoms with Gasteiger partial charge >= 0.3 is 0 Å². The highest BCUT2D eigenvalue weighted by Crippen LogP contribution is 2.25. The van der Waals surface area contributed by atoms with Crippen molar-refractivity contribution in [2.45, 2.75) is 39.2 Å². The third-order valence-electron chi connectivity index (χ3n) is 7.27. The van der Waals surface area contributed by atoms with E-state index >= 15 is 0 Å². The zero-order chi connectivity index (χ0) is 29.4. The van der Waals surface area contributed by atoms with E-state index in [9.17, 15) is 14.7 Å². The van der Waals surface area contributed by atoms with E-state index in [4.69, 9.17) is 4.98 Å². The highest BCUT2D eigenvalue weighted by atomic mass is 32.2. The molecule has 3 aromatic rings. The first-order chi connectivity index (χ1) is 19.8. The molecule has 1 aliphatic rings. The maximum absolute atomic E-state index is 13.5. The van der Waals surface area contributed by atoms with Gasteiger partial charge in [-0.3, -0.25) is 14.0 Å². The van der Waals surface area contributed by atoms with Gasteiger partial charge in [0.2, 0.25) is 0 Å². The maximum atomic E-state index is 13.5. The Kier molecular flexibility index (Phi) is 10.6. The molecule has 4 rings (SSSR count). The van der Waals surface area contributed by atoms with Crippen LogP contribution in [0.25, 0.3) is 11.2 Å². The van der Waals surface area contributed by atoms with E-state index in [0.29, 0.717) is 47.3 Å². The number of amides is 2. The van der Waals surface area contributed by atoms with Crippen LogP contribution in [0.5, 0.6) is 0 Å². The van der Waals surface area contributed by atoms with Crippen molar-refractivity contribution in [3.8, 4) is 0 Å². The molecule has 0 unspecified atom stereocenters. The largest absolute Gasteiger partial charge is 0.394 e. The molecule has 0 aromatic carbocycles. The average Bonchev–Trinajstić information content (AvgIpc) is 3.39. The molecule has 0 bridgehead atoms. The first-order valence-corrected chi connectivity index (χ1v) is 15.4. The summed E-state index contributed by atoms with van der Waals surface area (Å²) in [7, 11) is 0. The topological polar surface area (TPSA) is 112 Å². The number of aliphatic hydroxyl groups is 1. The summed E-state index contributed by atoms with van der Waals surface area (Å²) in [6, 6.07) is 9.01. The number of piperidine rings is 1. The Bertz CT molecular complexity index is 1380. The van der Waals surface area contributed by atoms with Crippen LogP contribution in [0.3, 0.4) is 0 Å². The molecule has 0 saturated carbocycles. The Morgan fingerprint density at radius 1 is 1.20 bits per heavy atom. The first kappa shape index (κ1) is 30.3. The second-order valence-electron chi connectivity index (χ2n) is 10.8. The molecule has 3 N–H and O–H groups in total. The number of aliphatic hydroxyl groups excluding tert-OH is 1. The fourth-order valence-corrected chi connectivity index (χ4v) is 5.46. The van der Waals surface area contributed by atoms with Crippen molar-refractivity contribution in [3.63, 3.8) is 0 Å². The number of hydrogen-bond acceptors (Lipinski definition) is 7. The molecule has 0 radical (unpaired) electrons. The van der Waals surface area contributed by atoms with Crippen LogP contribution in [0.4, 0.5) is 5.82 Å². The summed E-state index contributed by atoms with van der Waals surface area (Å²) in [4.78, 5) is 38.4. The summed E-state index contributed by atoms with van der Waals surface area (Å²) in [6.07, 6.45) is 9.83. The van der Waals surface area contributed by atoms with Gasteiger partial charge in [-0.2, -0.15) is 0 Å². The number of aromatic nitrogens is 3. The van der Waals surface area contributed by atoms with Gasteiger partial charge in [0.05, 0.1) is 18.2 Å². The maximum Gasteiger partial charge on any atom is 0.270 e. The van der Waals surface area contributed by atoms with Crippen molar-refractivity contribution in [3.05, 3.63) is 77.7 Å². The predicted octanol–water partition coefficient (Wildman–Crippen LogP) is 4.40. The molecule has 9 nitrogen and oxygen atoms in total. The SMILES string of the molecule is C=C(/C=C\SC)c1nc2c(C(=O)NCC3CCN(c4ccccn4)CC3)cccn2c1C(=O)N[C@H](CO)CC(C)C. The number of rotatable bonds is 12. The van der Waals surface area contributed by atoms with E-state index < -0.39 is 6.04 Å². The molecule has 4 heterocycles. The Hall–Kier alpha value is -3.63. The average molecular weight is 577 g/mol. The van der Waals surface area contributed by atoms with Crippen molar-refractivity contribution >= 4 is 40.6 Å². The van der Waals surface area contributed by atoms with Gasteiger partial charge in [-0.05, 0) is 78.7 Å². The van der Waals surface area contributed by atoms with E-state index in [2.05, 4.69) is 27.1 Å². The summed E-state index contributed by atoms with van der Waals surface area (Å²) in [5, 5.41) is 17.8. The van der Waals surface area contributed by atoms with E-state index in [1.54, 1.807) is 28.8 Å². The summed E-state index contributed by atoms with van der Waals surface area (Å²) in [5.74, 6) is 1.04. The quantitative estimate of drug-likeness (QED) is 0.274. The monoisotopic (exact) mass is 576 g/mol. The number of imidazole rings is 1. The Morgan fingerprint density at radius 3 is 2.63 bits per heavy atom. The van der Waals surface area contributed by atoms with Crippen molar-refractivity contribution in [1.82, 2.24) is 25.0 Å². The third kappa shape index (κ3) is 7.56. The second kappa shape index (κ2) is 14.3. The molecule has 10 heteroatoms. The van der Waals surface area contributed by atoms with Crippen LogP contribution in [0, 0.1) is 11.8 Å². The van der Waals surface area contributed by atoms with Gasteiger partial charge in [-0.15, -0.1) is 11.8 Å². The van der Waals surface area contributed by atoms with Gasteiger partial charge in [0, 0.05) is 32.0 Å². The van der Waals surface area contributed by atoms with Gasteiger partial charge in [-0.25, -0.2) is 9.97 Å². The molecular formula is C31H40N6O3S. The number of anilines is 1. The standard InChI is InChI=1S/C31H40N6O3S/c1-21(2)18-24(20-38)34-31(40)28-27(22(3)12-17-41-4)35-29-25(8-7-14-37(28)29)30(39)33-19-23-10-15-36(16-11-23)26-9-5-6-13-32-26/h5-9,12-14,17,21,23-24,38H,3,10-11,15-16,18-20H2,1-2,4H3,(H,33,39)(H,34,40)/b17-12-/t24-/m0/s1. The van der Waals surface area contributed by atoms with Gasteiger partial charge in [-0.1, -0.05) is 26.5 Å². The molecule has 1 fully saturated rings. The van der Waals surface area contributed by atoms with Crippen molar-refractivity contribution in [1.29, 1.82) is 0 Å². The zero-order valence-electron chi connectivity index (χ0n) is 24.0. The first-order valence-electron chi connectivity index (χ1n) is 14.1. The fraction of sp³-hybridized carbons (Fsp3) is 0.419. The smallest absolute Gasteiger partial charge is 0.270 e. The zero-order valence-corrected chi connectivity index (χ0v) is 24.9. The molecule has 1 aliphatic heterocycles. The normalized spacial score (nSPS) is 15.0. The number of allylic oxidation sites excluding steroid dienone is 2. The van der Waals surface area contributed by atoms with Crippen molar-refractivity contribution in [2.75, 3.05) is 37.4 Å². The third-order valence-corrected chi connectivity index (χ3v) is 7.68. The lowest BCUT2D eigenvalue weighted by Gasteiger charge is -2.32. The second-order valence-corrected chi connectivity index (χ2v) is 11.5. The highest BCUT2D eigenvalue weighted by molar-refractivity contribution is 8.01. The minimum absolute atomic E-state index is 0.169. The summed E-state index contributed by atoms with van der Waals surface area (Å²) in [5.41, 5.74) is 2.02. The minimum atomic E-state index is -0.397. The molecule has 0 aliphatic carbocycles. The van der Waals surface area contributed by atoms with Crippen LogP contribution >= 0.6 is 11.8 Å². The van der Waals surface area contributed by atoms with Gasteiger partial charge < -0.3 is 20.6 Å². The highest BCUT2D eigenvalue weighted by Gasteiger charge is 2.26. The molecule has 1 saturated heterocycles. The lowest BCUT2D eigenvalue weighted by Crippen LogP contribution is -2.39. The number of thioether (sulfide) groups is 1. The minimum Gasteiger partial charge on any atom is -0.394 e. The van der Waals surface area contributed by atoms with Crippen LogP contribution in [-0.2, 0) is 0 Å². The molecule has 1 atom stereocenters. The molecule has 3 aromatic heterocycles. The van der Waals surface area contributed by atoms with Crippen molar-refractivity contribution < 1.29 is 14.7 Å². The van der Waals surface area contributed by atoms with Gasteiger partial charge in [0.15, 0.2) is 5.65 Å². The Balaban J connectivity index is 1.53. The molecule has 0 spiro atoms. The van der Waals surface area contributed by atoms with Gasteiger partial charge in [0.25, 0.3) is 11.8 Å². The van der Waals surface area contributed by atoms with Gasteiger partial charge in [0.1, 0.15) is 17.2 Å².